The molecule has 0 radical (unpaired) electrons. The van der Waals surface area contributed by atoms with Gasteiger partial charge in [-0.15, -0.1) is 22.9 Å². The summed E-state index contributed by atoms with van der Waals surface area (Å²) >= 11 is 9.55. The van der Waals surface area contributed by atoms with Crippen LogP contribution in [0.5, 0.6) is 0 Å². The Kier molecular flexibility index (Phi) is 3.96. The van der Waals surface area contributed by atoms with Crippen molar-refractivity contribution in [3.05, 3.63) is 43.4 Å². The number of halogens is 3. The van der Waals surface area contributed by atoms with E-state index in [2.05, 4.69) is 9.97 Å². The molecule has 2 heterocycles. The molecule has 0 spiro atoms. The summed E-state index contributed by atoms with van der Waals surface area (Å²) < 4.78 is 16.3. The van der Waals surface area contributed by atoms with Crippen molar-refractivity contribution in [2.75, 3.05) is 0 Å². The predicted octanol–water partition coefficient (Wildman–Crippen LogP) is 4.33. The molecule has 3 nitrogen and oxygen atoms in total. The van der Waals surface area contributed by atoms with E-state index in [9.17, 15) is 4.39 Å². The second kappa shape index (κ2) is 5.57. The summed E-state index contributed by atoms with van der Waals surface area (Å²) in [5.41, 5.74) is 1.52. The van der Waals surface area contributed by atoms with Crippen LogP contribution in [0.1, 0.15) is 15.7 Å². The topological polar surface area (TPSA) is 30.7 Å². The molecule has 20 heavy (non-hydrogen) atoms. The Hall–Kier alpha value is -0.730. The minimum absolute atomic E-state index is 0.240. The molecule has 0 fully saturated rings. The summed E-state index contributed by atoms with van der Waals surface area (Å²) in [6, 6.07) is 3.26. The van der Waals surface area contributed by atoms with E-state index in [0.717, 1.165) is 26.7 Å². The van der Waals surface area contributed by atoms with E-state index in [1.54, 1.807) is 17.4 Å². The number of hydrogen-bond acceptors (Lipinski definition) is 3. The maximum absolute atomic E-state index is 13.8. The van der Waals surface area contributed by atoms with Gasteiger partial charge >= 0.3 is 0 Å². The summed E-state index contributed by atoms with van der Waals surface area (Å²) in [6.07, 6.45) is 1.84. The lowest BCUT2D eigenvalue weighted by molar-refractivity contribution is 0.621. The van der Waals surface area contributed by atoms with Crippen LogP contribution in [0.25, 0.3) is 11.0 Å². The van der Waals surface area contributed by atoms with Crippen LogP contribution in [0, 0.1) is 16.3 Å². The molecule has 0 aliphatic heterocycles. The molecule has 0 saturated heterocycles. The third-order valence-corrected chi connectivity index (χ3v) is 4.91. The molecular formula is C13H10ClFIN3S. The molecule has 0 aliphatic rings. The highest BCUT2D eigenvalue weighted by Crippen LogP contribution is 2.24. The van der Waals surface area contributed by atoms with E-state index < -0.39 is 0 Å². The summed E-state index contributed by atoms with van der Waals surface area (Å²) in [5.74, 6) is 0.781. The number of imidazole rings is 1. The second-order valence-corrected chi connectivity index (χ2v) is 7.12. The van der Waals surface area contributed by atoms with Crippen molar-refractivity contribution in [1.82, 2.24) is 14.5 Å². The van der Waals surface area contributed by atoms with Gasteiger partial charge in [0.1, 0.15) is 16.6 Å². The van der Waals surface area contributed by atoms with Crippen molar-refractivity contribution in [1.29, 1.82) is 0 Å². The molecule has 1 aromatic carbocycles. The molecule has 0 atom stereocenters. The van der Waals surface area contributed by atoms with Crippen LogP contribution in [-0.4, -0.2) is 14.5 Å². The lowest BCUT2D eigenvalue weighted by Crippen LogP contribution is -2.03. The van der Waals surface area contributed by atoms with E-state index >= 15 is 0 Å². The number of thiazole rings is 1. The van der Waals surface area contributed by atoms with Gasteiger partial charge in [-0.05, 0) is 35.6 Å². The van der Waals surface area contributed by atoms with Gasteiger partial charge in [0.2, 0.25) is 0 Å². The summed E-state index contributed by atoms with van der Waals surface area (Å²) in [4.78, 5) is 9.97. The molecule has 7 heteroatoms. The Morgan fingerprint density at radius 3 is 2.90 bits per heavy atom. The molecule has 2 aromatic heterocycles. The zero-order valence-corrected chi connectivity index (χ0v) is 14.3. The number of benzene rings is 1. The quantitative estimate of drug-likeness (QED) is 0.465. The van der Waals surface area contributed by atoms with Crippen LogP contribution in [0.3, 0.4) is 0 Å². The van der Waals surface area contributed by atoms with Crippen molar-refractivity contribution in [2.24, 2.45) is 0 Å². The molecule has 0 aliphatic carbocycles. The molecular weight excluding hydrogens is 412 g/mol. The lowest BCUT2D eigenvalue weighted by Gasteiger charge is -2.05. The predicted molar refractivity (Wildman–Crippen MR) is 87.9 cm³/mol. The van der Waals surface area contributed by atoms with Gasteiger partial charge in [-0.3, -0.25) is 0 Å². The van der Waals surface area contributed by atoms with Gasteiger partial charge in [0.05, 0.1) is 27.0 Å². The molecule has 3 rings (SSSR count). The maximum Gasteiger partial charge on any atom is 0.138 e. The van der Waals surface area contributed by atoms with Gasteiger partial charge in [0.15, 0.2) is 0 Å². The lowest BCUT2D eigenvalue weighted by atomic mass is 10.3. The van der Waals surface area contributed by atoms with Crippen LogP contribution in [0.4, 0.5) is 4.39 Å². The first-order valence-corrected chi connectivity index (χ1v) is 8.33. The molecule has 0 unspecified atom stereocenters. The van der Waals surface area contributed by atoms with Crippen molar-refractivity contribution >= 4 is 56.6 Å². The first kappa shape index (κ1) is 14.2. The SMILES string of the molecule is Cc1cnc(Cn2c(CCl)nc3cc(I)c(F)cc32)s1. The minimum Gasteiger partial charge on any atom is -0.320 e. The largest absolute Gasteiger partial charge is 0.320 e. The second-order valence-electron chi connectivity index (χ2n) is 4.37. The Labute approximate surface area is 137 Å². The third kappa shape index (κ3) is 2.56. The average molecular weight is 422 g/mol. The summed E-state index contributed by atoms with van der Waals surface area (Å²) in [6.45, 7) is 2.58. The van der Waals surface area contributed by atoms with Crippen LogP contribution >= 0.6 is 45.5 Å². The normalized spacial score (nSPS) is 11.4. The van der Waals surface area contributed by atoms with Crippen LogP contribution in [0.2, 0.25) is 0 Å². The Morgan fingerprint density at radius 2 is 2.25 bits per heavy atom. The molecule has 0 amide bonds. The van der Waals surface area contributed by atoms with E-state index in [-0.39, 0.29) is 11.7 Å². The highest BCUT2D eigenvalue weighted by Gasteiger charge is 2.14. The molecule has 0 saturated carbocycles. The van der Waals surface area contributed by atoms with E-state index in [4.69, 9.17) is 11.6 Å². The Bertz CT molecular complexity index is 783. The fourth-order valence-electron chi connectivity index (χ4n) is 2.06. The minimum atomic E-state index is -0.240. The van der Waals surface area contributed by atoms with Gasteiger partial charge in [0.25, 0.3) is 0 Å². The van der Waals surface area contributed by atoms with Gasteiger partial charge < -0.3 is 4.57 Å². The van der Waals surface area contributed by atoms with Crippen molar-refractivity contribution in [3.8, 4) is 0 Å². The first-order chi connectivity index (χ1) is 9.58. The van der Waals surface area contributed by atoms with E-state index in [0.29, 0.717) is 10.1 Å². The van der Waals surface area contributed by atoms with Crippen molar-refractivity contribution in [3.63, 3.8) is 0 Å². The van der Waals surface area contributed by atoms with Gasteiger partial charge in [0, 0.05) is 17.1 Å². The molecule has 0 bridgehead atoms. The zero-order chi connectivity index (χ0) is 14.3. The summed E-state index contributed by atoms with van der Waals surface area (Å²) in [5, 5.41) is 0.965. The monoisotopic (exact) mass is 421 g/mol. The van der Waals surface area contributed by atoms with Gasteiger partial charge in [-0.1, -0.05) is 0 Å². The van der Waals surface area contributed by atoms with Gasteiger partial charge in [-0.25, -0.2) is 14.4 Å². The fourth-order valence-corrected chi connectivity index (χ4v) is 3.49. The zero-order valence-electron chi connectivity index (χ0n) is 10.5. The van der Waals surface area contributed by atoms with Crippen molar-refractivity contribution < 1.29 is 4.39 Å². The number of hydrogen-bond donors (Lipinski definition) is 0. The van der Waals surface area contributed by atoms with E-state index in [1.165, 1.54) is 6.07 Å². The molecule has 104 valence electrons. The standard InChI is InChI=1S/C13H10ClFIN3S/c1-7-5-17-13(20-7)6-19-11-2-8(15)9(16)3-10(11)18-12(19)4-14/h2-3,5H,4,6H2,1H3. The average Bonchev–Trinajstić information content (AvgIpc) is 2.96. The highest BCUT2D eigenvalue weighted by molar-refractivity contribution is 14.1. The first-order valence-electron chi connectivity index (χ1n) is 5.90. The number of aromatic nitrogens is 3. The fraction of sp³-hybridized carbons (Fsp3) is 0.231. The summed E-state index contributed by atoms with van der Waals surface area (Å²) in [7, 11) is 0. The molecule has 3 aromatic rings. The Balaban J connectivity index is 2.14. The Morgan fingerprint density at radius 1 is 1.45 bits per heavy atom. The third-order valence-electron chi connectivity index (χ3n) is 2.95. The number of nitrogens with zero attached hydrogens (tertiary/aromatic N) is 3. The maximum atomic E-state index is 13.8. The number of aryl methyl sites for hydroxylation is 1. The number of alkyl halides is 1. The number of rotatable bonds is 3. The molecule has 0 N–H and O–H groups in total. The smallest absolute Gasteiger partial charge is 0.138 e. The highest BCUT2D eigenvalue weighted by atomic mass is 127. The van der Waals surface area contributed by atoms with Crippen LogP contribution in [0.15, 0.2) is 18.3 Å². The van der Waals surface area contributed by atoms with E-state index in [1.807, 2.05) is 40.3 Å². The van der Waals surface area contributed by atoms with Crippen molar-refractivity contribution in [2.45, 2.75) is 19.3 Å². The van der Waals surface area contributed by atoms with Crippen LogP contribution in [-0.2, 0) is 12.4 Å². The van der Waals surface area contributed by atoms with Crippen LogP contribution < -0.4 is 0 Å². The van der Waals surface area contributed by atoms with Gasteiger partial charge in [-0.2, -0.15) is 0 Å². The number of fused-ring (bicyclic) bond motifs is 1.